The quantitative estimate of drug-likeness (QED) is 0.545. The van der Waals surface area contributed by atoms with Crippen LogP contribution in [0, 0.1) is 11.3 Å². The van der Waals surface area contributed by atoms with Crippen LogP contribution in [0.3, 0.4) is 0 Å². The van der Waals surface area contributed by atoms with E-state index in [4.69, 9.17) is 9.84 Å². The third kappa shape index (κ3) is 1.95. The van der Waals surface area contributed by atoms with Crippen LogP contribution in [-0.4, -0.2) is 23.7 Å². The molecule has 4 nitrogen and oxygen atoms in total. The Balaban J connectivity index is 2.37. The van der Waals surface area contributed by atoms with Gasteiger partial charge >= 0.3 is 11.9 Å². The monoisotopic (exact) mass is 198 g/mol. The van der Waals surface area contributed by atoms with E-state index < -0.39 is 11.4 Å². The second-order valence-electron chi connectivity index (χ2n) is 3.89. The van der Waals surface area contributed by atoms with Gasteiger partial charge in [-0.05, 0) is 19.8 Å². The summed E-state index contributed by atoms with van der Waals surface area (Å²) in [6.45, 7) is 5.26. The van der Waals surface area contributed by atoms with Crippen molar-refractivity contribution in [2.45, 2.75) is 19.8 Å². The first-order valence-corrected chi connectivity index (χ1v) is 4.50. The van der Waals surface area contributed by atoms with Crippen molar-refractivity contribution in [2.24, 2.45) is 11.3 Å². The van der Waals surface area contributed by atoms with E-state index >= 15 is 0 Å². The van der Waals surface area contributed by atoms with Gasteiger partial charge in [-0.15, -0.1) is 0 Å². The zero-order chi connectivity index (χ0) is 10.8. The van der Waals surface area contributed by atoms with Crippen molar-refractivity contribution < 1.29 is 19.4 Å². The third-order valence-electron chi connectivity index (χ3n) is 2.59. The van der Waals surface area contributed by atoms with E-state index in [1.54, 1.807) is 6.92 Å². The van der Waals surface area contributed by atoms with E-state index in [0.29, 0.717) is 12.8 Å². The number of rotatable bonds is 4. The molecule has 0 amide bonds. The lowest BCUT2D eigenvalue weighted by Crippen LogP contribution is -2.45. The molecular weight excluding hydrogens is 184 g/mol. The minimum absolute atomic E-state index is 0.194. The molecule has 0 unspecified atom stereocenters. The highest BCUT2D eigenvalue weighted by molar-refractivity contribution is 5.81. The van der Waals surface area contributed by atoms with Crippen LogP contribution in [0.4, 0.5) is 0 Å². The van der Waals surface area contributed by atoms with E-state index in [9.17, 15) is 9.59 Å². The number of carbonyl (C=O) groups excluding carboxylic acids is 1. The van der Waals surface area contributed by atoms with Gasteiger partial charge in [0.1, 0.15) is 6.61 Å². The molecule has 0 radical (unpaired) electrons. The summed E-state index contributed by atoms with van der Waals surface area (Å²) < 4.78 is 4.82. The summed E-state index contributed by atoms with van der Waals surface area (Å²) in [6.07, 6.45) is 2.24. The molecule has 1 fully saturated rings. The van der Waals surface area contributed by atoms with Gasteiger partial charge in [0.25, 0.3) is 0 Å². The predicted octanol–water partition coefficient (Wildman–Crippen LogP) is 1.22. The van der Waals surface area contributed by atoms with Gasteiger partial charge in [-0.25, -0.2) is 0 Å². The SMILES string of the molecule is C=CCOC(=O)C1CC(C)(C(=O)O)C1. The molecule has 4 heteroatoms. The van der Waals surface area contributed by atoms with Crippen LogP contribution in [0.1, 0.15) is 19.8 Å². The van der Waals surface area contributed by atoms with Crippen molar-refractivity contribution in [1.29, 1.82) is 0 Å². The van der Waals surface area contributed by atoms with E-state index in [1.165, 1.54) is 6.08 Å². The predicted molar refractivity (Wildman–Crippen MR) is 49.6 cm³/mol. The summed E-state index contributed by atoms with van der Waals surface area (Å²) in [6, 6.07) is 0. The Morgan fingerprint density at radius 2 is 2.21 bits per heavy atom. The van der Waals surface area contributed by atoms with E-state index in [0.717, 1.165) is 0 Å². The molecule has 0 saturated heterocycles. The Kier molecular flexibility index (Phi) is 2.93. The Morgan fingerprint density at radius 3 is 2.64 bits per heavy atom. The normalized spacial score (nSPS) is 30.2. The summed E-state index contributed by atoms with van der Waals surface area (Å²) in [5.74, 6) is -1.41. The average Bonchev–Trinajstić information content (AvgIpc) is 2.08. The summed E-state index contributed by atoms with van der Waals surface area (Å²) >= 11 is 0. The number of ether oxygens (including phenoxy) is 1. The summed E-state index contributed by atoms with van der Waals surface area (Å²) in [5, 5.41) is 8.80. The molecule has 0 aliphatic heterocycles. The van der Waals surface area contributed by atoms with Crippen LogP contribution in [0.25, 0.3) is 0 Å². The Labute approximate surface area is 82.6 Å². The Morgan fingerprint density at radius 1 is 1.64 bits per heavy atom. The standard InChI is InChI=1S/C10H14O4/c1-3-4-14-8(11)7-5-10(2,6-7)9(12)13/h3,7H,1,4-6H2,2H3,(H,12,13). The largest absolute Gasteiger partial charge is 0.481 e. The van der Waals surface area contributed by atoms with Gasteiger partial charge in [0.05, 0.1) is 11.3 Å². The van der Waals surface area contributed by atoms with Crippen LogP contribution in [0.15, 0.2) is 12.7 Å². The zero-order valence-corrected chi connectivity index (χ0v) is 8.16. The first kappa shape index (κ1) is 10.8. The average molecular weight is 198 g/mol. The molecule has 1 N–H and O–H groups in total. The third-order valence-corrected chi connectivity index (χ3v) is 2.59. The number of carboxylic acid groups (broad SMARTS) is 1. The maximum Gasteiger partial charge on any atom is 0.309 e. The number of hydrogen-bond donors (Lipinski definition) is 1. The van der Waals surface area contributed by atoms with Crippen LogP contribution >= 0.6 is 0 Å². The minimum Gasteiger partial charge on any atom is -0.481 e. The summed E-state index contributed by atoms with van der Waals surface area (Å²) in [5.41, 5.74) is -0.738. The first-order valence-electron chi connectivity index (χ1n) is 4.50. The zero-order valence-electron chi connectivity index (χ0n) is 8.16. The number of carbonyl (C=O) groups is 2. The summed E-state index contributed by atoms with van der Waals surface area (Å²) in [7, 11) is 0. The van der Waals surface area contributed by atoms with Crippen LogP contribution in [-0.2, 0) is 14.3 Å². The number of hydrogen-bond acceptors (Lipinski definition) is 3. The number of esters is 1. The van der Waals surface area contributed by atoms with Gasteiger partial charge in [0.2, 0.25) is 0 Å². The second kappa shape index (κ2) is 3.82. The van der Waals surface area contributed by atoms with E-state index in [-0.39, 0.29) is 18.5 Å². The van der Waals surface area contributed by atoms with Crippen molar-refractivity contribution >= 4 is 11.9 Å². The highest BCUT2D eigenvalue weighted by atomic mass is 16.5. The lowest BCUT2D eigenvalue weighted by molar-refractivity contribution is -0.166. The molecule has 1 rings (SSSR count). The van der Waals surface area contributed by atoms with E-state index in [1.807, 2.05) is 0 Å². The molecule has 0 bridgehead atoms. The van der Waals surface area contributed by atoms with Gasteiger partial charge < -0.3 is 9.84 Å². The van der Waals surface area contributed by atoms with Gasteiger partial charge in [0.15, 0.2) is 0 Å². The topological polar surface area (TPSA) is 63.6 Å². The smallest absolute Gasteiger partial charge is 0.309 e. The number of carboxylic acids is 1. The van der Waals surface area contributed by atoms with Crippen molar-refractivity contribution in [3.63, 3.8) is 0 Å². The lowest BCUT2D eigenvalue weighted by atomic mass is 9.63. The molecule has 0 aromatic carbocycles. The summed E-state index contributed by atoms with van der Waals surface area (Å²) in [4.78, 5) is 21.9. The fourth-order valence-electron chi connectivity index (χ4n) is 1.63. The molecule has 1 aliphatic rings. The maximum absolute atomic E-state index is 11.2. The van der Waals surface area contributed by atoms with E-state index in [2.05, 4.69) is 6.58 Å². The molecule has 0 atom stereocenters. The lowest BCUT2D eigenvalue weighted by Gasteiger charge is -2.39. The highest BCUT2D eigenvalue weighted by Crippen LogP contribution is 2.45. The fraction of sp³-hybridized carbons (Fsp3) is 0.600. The van der Waals surface area contributed by atoms with Crippen LogP contribution in [0.5, 0.6) is 0 Å². The van der Waals surface area contributed by atoms with Crippen LogP contribution in [0.2, 0.25) is 0 Å². The molecular formula is C10H14O4. The maximum atomic E-state index is 11.2. The van der Waals surface area contributed by atoms with Crippen molar-refractivity contribution in [3.8, 4) is 0 Å². The Hall–Kier alpha value is -1.32. The van der Waals surface area contributed by atoms with Gasteiger partial charge in [-0.3, -0.25) is 9.59 Å². The minimum atomic E-state index is -0.842. The number of aliphatic carboxylic acids is 1. The van der Waals surface area contributed by atoms with Crippen molar-refractivity contribution in [3.05, 3.63) is 12.7 Å². The van der Waals surface area contributed by atoms with Crippen molar-refractivity contribution in [2.75, 3.05) is 6.61 Å². The molecule has 78 valence electrons. The molecule has 0 aromatic rings. The first-order chi connectivity index (χ1) is 6.49. The molecule has 14 heavy (non-hydrogen) atoms. The molecule has 0 aromatic heterocycles. The van der Waals surface area contributed by atoms with Gasteiger partial charge in [0, 0.05) is 0 Å². The van der Waals surface area contributed by atoms with Gasteiger partial charge in [-0.2, -0.15) is 0 Å². The molecule has 1 aliphatic carbocycles. The highest BCUT2D eigenvalue weighted by Gasteiger charge is 2.49. The Bertz CT molecular complexity index is 263. The van der Waals surface area contributed by atoms with Crippen LogP contribution < -0.4 is 0 Å². The molecule has 0 heterocycles. The second-order valence-corrected chi connectivity index (χ2v) is 3.89. The molecule has 1 saturated carbocycles. The van der Waals surface area contributed by atoms with Gasteiger partial charge in [-0.1, -0.05) is 12.7 Å². The van der Waals surface area contributed by atoms with Crippen molar-refractivity contribution in [1.82, 2.24) is 0 Å². The molecule has 0 spiro atoms. The fourth-order valence-corrected chi connectivity index (χ4v) is 1.63.